The van der Waals surface area contributed by atoms with Crippen LogP contribution >= 0.6 is 0 Å². The summed E-state index contributed by atoms with van der Waals surface area (Å²) in [7, 11) is 3.75. The highest BCUT2D eigenvalue weighted by Crippen LogP contribution is 2.36. The van der Waals surface area contributed by atoms with Gasteiger partial charge in [0.05, 0.1) is 17.2 Å². The molecule has 0 saturated carbocycles. The van der Waals surface area contributed by atoms with Crippen molar-refractivity contribution in [3.63, 3.8) is 0 Å². The molecule has 2 N–H and O–H groups in total. The lowest BCUT2D eigenvalue weighted by molar-refractivity contribution is -0.137. The molecule has 1 atom stereocenters. The van der Waals surface area contributed by atoms with Crippen LogP contribution < -0.4 is 10.6 Å². The molecule has 150 valence electrons. The van der Waals surface area contributed by atoms with Gasteiger partial charge in [0.15, 0.2) is 5.82 Å². The molecule has 1 amide bonds. The van der Waals surface area contributed by atoms with Crippen LogP contribution in [0.3, 0.4) is 0 Å². The predicted molar refractivity (Wildman–Crippen MR) is 112 cm³/mol. The number of aromatic nitrogens is 2. The summed E-state index contributed by atoms with van der Waals surface area (Å²) in [4.78, 5) is 24.9. The van der Waals surface area contributed by atoms with E-state index in [9.17, 15) is 4.79 Å². The molecule has 2 heterocycles. The summed E-state index contributed by atoms with van der Waals surface area (Å²) in [5.41, 5.74) is 2.56. The number of likely N-dealkylation sites (tertiary alicyclic amines) is 1. The molecule has 1 aliphatic heterocycles. The van der Waals surface area contributed by atoms with E-state index < -0.39 is 5.41 Å². The van der Waals surface area contributed by atoms with Gasteiger partial charge in [0.1, 0.15) is 5.82 Å². The third kappa shape index (κ3) is 4.02. The topological polar surface area (TPSA) is 70.2 Å². The summed E-state index contributed by atoms with van der Waals surface area (Å²) in [5, 5.41) is 6.25. The number of rotatable bonds is 6. The van der Waals surface area contributed by atoms with Crippen LogP contribution in [0.4, 0.5) is 5.82 Å². The highest BCUT2D eigenvalue weighted by Gasteiger charge is 2.40. The van der Waals surface area contributed by atoms with E-state index in [0.29, 0.717) is 6.54 Å². The zero-order chi connectivity index (χ0) is 20.3. The molecule has 6 heteroatoms. The maximum absolute atomic E-state index is 13.5. The first-order chi connectivity index (χ1) is 13.4. The smallest absolute Gasteiger partial charge is 0.233 e. The van der Waals surface area contributed by atoms with Crippen molar-refractivity contribution >= 4 is 11.7 Å². The summed E-state index contributed by atoms with van der Waals surface area (Å²) in [6.45, 7) is 7.48. The molecule has 6 nitrogen and oxygen atoms in total. The molecule has 1 aromatic carbocycles. The van der Waals surface area contributed by atoms with Gasteiger partial charge in [-0.1, -0.05) is 29.8 Å². The van der Waals surface area contributed by atoms with E-state index in [1.165, 1.54) is 5.56 Å². The van der Waals surface area contributed by atoms with Crippen molar-refractivity contribution in [1.82, 2.24) is 20.2 Å². The maximum Gasteiger partial charge on any atom is 0.233 e. The normalized spacial score (nSPS) is 17.0. The first-order valence-corrected chi connectivity index (χ1v) is 9.95. The molecule has 3 rings (SSSR count). The van der Waals surface area contributed by atoms with Crippen molar-refractivity contribution in [1.29, 1.82) is 0 Å². The molecule has 2 aromatic rings. The van der Waals surface area contributed by atoms with Gasteiger partial charge < -0.3 is 15.5 Å². The highest BCUT2D eigenvalue weighted by atomic mass is 16.2. The van der Waals surface area contributed by atoms with Gasteiger partial charge >= 0.3 is 0 Å². The Labute approximate surface area is 167 Å². The van der Waals surface area contributed by atoms with Crippen molar-refractivity contribution < 1.29 is 4.79 Å². The molecule has 0 radical (unpaired) electrons. The lowest BCUT2D eigenvalue weighted by Gasteiger charge is -2.33. The van der Waals surface area contributed by atoms with Crippen molar-refractivity contribution in [2.24, 2.45) is 0 Å². The summed E-state index contributed by atoms with van der Waals surface area (Å²) in [5.74, 6) is 1.64. The van der Waals surface area contributed by atoms with Crippen molar-refractivity contribution in [2.45, 2.75) is 51.6 Å². The summed E-state index contributed by atoms with van der Waals surface area (Å²) < 4.78 is 0. The Bertz CT molecular complexity index is 831. The Morgan fingerprint density at radius 1 is 1.21 bits per heavy atom. The summed E-state index contributed by atoms with van der Waals surface area (Å²) in [6.07, 6.45) is 1.86. The lowest BCUT2D eigenvalue weighted by Crippen LogP contribution is -2.43. The van der Waals surface area contributed by atoms with Gasteiger partial charge in [0, 0.05) is 26.2 Å². The number of hydrogen-bond acceptors (Lipinski definition) is 5. The van der Waals surface area contributed by atoms with E-state index in [1.807, 2.05) is 38.9 Å². The van der Waals surface area contributed by atoms with E-state index >= 15 is 0 Å². The second-order valence-corrected chi connectivity index (χ2v) is 8.03. The largest absolute Gasteiger partial charge is 0.373 e. The van der Waals surface area contributed by atoms with Crippen molar-refractivity contribution in [3.05, 3.63) is 53.0 Å². The van der Waals surface area contributed by atoms with Gasteiger partial charge in [-0.3, -0.25) is 4.79 Å². The monoisotopic (exact) mass is 381 g/mol. The third-order valence-corrected chi connectivity index (χ3v) is 5.53. The molecule has 0 spiro atoms. The number of carbonyl (C=O) groups is 1. The number of carbonyl (C=O) groups excluding carboxylic acids is 1. The van der Waals surface area contributed by atoms with Crippen molar-refractivity contribution in [3.8, 4) is 0 Å². The second kappa shape index (κ2) is 8.27. The van der Waals surface area contributed by atoms with Crippen LogP contribution in [0.2, 0.25) is 0 Å². The molecule has 1 aromatic heterocycles. The molecular weight excluding hydrogens is 350 g/mol. The predicted octanol–water partition coefficient (Wildman–Crippen LogP) is 3.19. The highest BCUT2D eigenvalue weighted by molar-refractivity contribution is 5.88. The SMILES string of the molecule is CNCc1cc(NC)nc(C2CCCN2C(=O)C(C)(C)c2ccc(C)cc2)n1. The minimum atomic E-state index is -0.593. The van der Waals surface area contributed by atoms with Crippen LogP contribution in [0.1, 0.15) is 55.4 Å². The number of anilines is 1. The minimum Gasteiger partial charge on any atom is -0.373 e. The molecular formula is C22H31N5O. The molecule has 1 aliphatic rings. The molecule has 1 saturated heterocycles. The fourth-order valence-electron chi connectivity index (χ4n) is 3.80. The maximum atomic E-state index is 13.5. The zero-order valence-corrected chi connectivity index (χ0v) is 17.5. The third-order valence-electron chi connectivity index (χ3n) is 5.53. The van der Waals surface area contributed by atoms with E-state index in [1.54, 1.807) is 0 Å². The Hall–Kier alpha value is -2.47. The fourth-order valence-corrected chi connectivity index (χ4v) is 3.80. The Kier molecular flexibility index (Phi) is 5.98. The molecule has 28 heavy (non-hydrogen) atoms. The summed E-state index contributed by atoms with van der Waals surface area (Å²) in [6, 6.07) is 10.1. The van der Waals surface area contributed by atoms with E-state index in [4.69, 9.17) is 4.98 Å². The standard InChI is InChI=1S/C22H31N5O/c1-15-8-10-16(11-9-15)22(2,3)21(28)27-12-6-7-18(27)20-25-17(14-23-4)13-19(24-5)26-20/h8-11,13,18,23H,6-7,12,14H2,1-5H3,(H,24,25,26). The first-order valence-electron chi connectivity index (χ1n) is 9.95. The molecule has 0 aliphatic carbocycles. The summed E-state index contributed by atoms with van der Waals surface area (Å²) >= 11 is 0. The van der Waals surface area contributed by atoms with Crippen LogP contribution in [-0.4, -0.2) is 41.4 Å². The molecule has 1 fully saturated rings. The molecule has 1 unspecified atom stereocenters. The number of aryl methyl sites for hydroxylation is 1. The van der Waals surface area contributed by atoms with Gasteiger partial charge in [0.25, 0.3) is 0 Å². The number of nitrogens with one attached hydrogen (secondary N) is 2. The van der Waals surface area contributed by atoms with Crippen LogP contribution in [0, 0.1) is 6.92 Å². The Balaban J connectivity index is 1.91. The first kappa shape index (κ1) is 20.3. The van der Waals surface area contributed by atoms with E-state index in [2.05, 4.69) is 46.8 Å². The van der Waals surface area contributed by atoms with Gasteiger partial charge in [-0.15, -0.1) is 0 Å². The minimum absolute atomic E-state index is 0.0823. The lowest BCUT2D eigenvalue weighted by atomic mass is 9.82. The zero-order valence-electron chi connectivity index (χ0n) is 17.5. The van der Waals surface area contributed by atoms with Crippen molar-refractivity contribution in [2.75, 3.05) is 26.0 Å². The van der Waals surface area contributed by atoms with Gasteiger partial charge in [-0.25, -0.2) is 9.97 Å². The number of nitrogens with zero attached hydrogens (tertiary/aromatic N) is 3. The van der Waals surface area contributed by atoms with Crippen LogP contribution in [0.15, 0.2) is 30.3 Å². The number of hydrogen-bond donors (Lipinski definition) is 2. The van der Waals surface area contributed by atoms with Gasteiger partial charge in [-0.2, -0.15) is 0 Å². The number of amides is 1. The molecule has 0 bridgehead atoms. The second-order valence-electron chi connectivity index (χ2n) is 8.03. The average molecular weight is 382 g/mol. The fraction of sp³-hybridized carbons (Fsp3) is 0.500. The number of benzene rings is 1. The van der Waals surface area contributed by atoms with Crippen LogP contribution in [0.5, 0.6) is 0 Å². The van der Waals surface area contributed by atoms with Crippen LogP contribution in [0.25, 0.3) is 0 Å². The Morgan fingerprint density at radius 3 is 2.57 bits per heavy atom. The Morgan fingerprint density at radius 2 is 1.93 bits per heavy atom. The average Bonchev–Trinajstić information content (AvgIpc) is 3.17. The van der Waals surface area contributed by atoms with E-state index in [0.717, 1.165) is 42.3 Å². The van der Waals surface area contributed by atoms with E-state index in [-0.39, 0.29) is 11.9 Å². The van der Waals surface area contributed by atoms with Crippen LogP contribution in [-0.2, 0) is 16.8 Å². The van der Waals surface area contributed by atoms with Gasteiger partial charge in [0.2, 0.25) is 5.91 Å². The van der Waals surface area contributed by atoms with Gasteiger partial charge in [-0.05, 0) is 46.2 Å². The quantitative estimate of drug-likeness (QED) is 0.804.